The number of aromatic amines is 1. The van der Waals surface area contributed by atoms with Crippen LogP contribution in [-0.4, -0.2) is 52.1 Å². The maximum Gasteiger partial charge on any atom is 0.410 e. The van der Waals surface area contributed by atoms with Crippen LogP contribution in [0.25, 0.3) is 11.0 Å². The molecule has 0 radical (unpaired) electrons. The quantitative estimate of drug-likeness (QED) is 0.681. The first kappa shape index (κ1) is 21.4. The number of carbonyl (C=O) groups excluding carboxylic acids is 1. The van der Waals surface area contributed by atoms with E-state index in [2.05, 4.69) is 15.3 Å². The second-order valence-electron chi connectivity index (χ2n) is 9.23. The van der Waals surface area contributed by atoms with Gasteiger partial charge in [-0.3, -0.25) is 9.69 Å². The molecule has 1 aromatic carbocycles. The van der Waals surface area contributed by atoms with Gasteiger partial charge in [-0.05, 0) is 50.2 Å². The second-order valence-corrected chi connectivity index (χ2v) is 9.64. The van der Waals surface area contributed by atoms with E-state index < -0.39 is 23.4 Å². The molecule has 2 aromatic rings. The fraction of sp³-hybridized carbons (Fsp3) is 0.600. The van der Waals surface area contributed by atoms with Crippen molar-refractivity contribution in [3.05, 3.63) is 28.8 Å². The standard InChI is InChI=1S/C20H23ClF4N4O/c1-18(2,20(23,24)25)28-15(30)8-29-9-19(10-29)6-11(7-19)5-14-26-16-12(21)3-4-13(22)17(16)27-14/h3-4,11H,5-10H2,1-2H3,(H,26,27)(H,28,30). The Morgan fingerprint density at radius 3 is 2.60 bits per heavy atom. The van der Waals surface area contributed by atoms with Crippen LogP contribution in [0.15, 0.2) is 12.1 Å². The van der Waals surface area contributed by atoms with Gasteiger partial charge in [-0.25, -0.2) is 9.37 Å². The Morgan fingerprint density at radius 1 is 1.33 bits per heavy atom. The summed E-state index contributed by atoms with van der Waals surface area (Å²) in [6, 6.07) is 2.79. The summed E-state index contributed by atoms with van der Waals surface area (Å²) in [5.74, 6) is 0.0575. The van der Waals surface area contributed by atoms with Crippen molar-refractivity contribution in [2.75, 3.05) is 19.6 Å². The molecular formula is C20H23ClF4N4O. The Morgan fingerprint density at radius 2 is 2.00 bits per heavy atom. The predicted molar refractivity (Wildman–Crippen MR) is 105 cm³/mol. The summed E-state index contributed by atoms with van der Waals surface area (Å²) in [5.41, 5.74) is -1.37. The molecule has 1 aliphatic heterocycles. The number of halogens is 5. The van der Waals surface area contributed by atoms with Crippen LogP contribution >= 0.6 is 11.6 Å². The molecule has 0 atom stereocenters. The Labute approximate surface area is 176 Å². The first-order valence-electron chi connectivity index (χ1n) is 9.80. The van der Waals surface area contributed by atoms with E-state index in [-0.39, 0.29) is 17.5 Å². The Hall–Kier alpha value is -1.87. The molecule has 10 heteroatoms. The monoisotopic (exact) mass is 446 g/mol. The van der Waals surface area contributed by atoms with Crippen LogP contribution < -0.4 is 5.32 Å². The molecule has 1 spiro atoms. The highest BCUT2D eigenvalue weighted by Crippen LogP contribution is 2.52. The van der Waals surface area contributed by atoms with Crippen molar-refractivity contribution in [2.45, 2.75) is 44.8 Å². The molecule has 2 aliphatic rings. The molecule has 2 N–H and O–H groups in total. The predicted octanol–water partition coefficient (Wildman–Crippen LogP) is 4.07. The third-order valence-corrected chi connectivity index (χ3v) is 6.48. The van der Waals surface area contributed by atoms with Crippen molar-refractivity contribution in [1.29, 1.82) is 0 Å². The molecule has 1 aromatic heterocycles. The summed E-state index contributed by atoms with van der Waals surface area (Å²) in [6.45, 7) is 3.27. The van der Waals surface area contributed by atoms with Crippen LogP contribution in [0, 0.1) is 17.2 Å². The number of alkyl halides is 3. The van der Waals surface area contributed by atoms with Crippen LogP contribution in [0.3, 0.4) is 0 Å². The smallest absolute Gasteiger partial charge is 0.341 e. The van der Waals surface area contributed by atoms with Gasteiger partial charge in [-0.1, -0.05) is 11.6 Å². The summed E-state index contributed by atoms with van der Waals surface area (Å²) in [5, 5.41) is 2.49. The first-order valence-corrected chi connectivity index (χ1v) is 10.2. The van der Waals surface area contributed by atoms with Crippen LogP contribution in [0.5, 0.6) is 0 Å². The molecule has 4 rings (SSSR count). The van der Waals surface area contributed by atoms with Gasteiger partial charge >= 0.3 is 6.18 Å². The summed E-state index contributed by atoms with van der Waals surface area (Å²) in [6.07, 6.45) is -1.91. The zero-order chi connectivity index (χ0) is 21.9. The number of rotatable bonds is 5. The Kier molecular flexibility index (Phi) is 5.05. The lowest BCUT2D eigenvalue weighted by atomic mass is 9.57. The lowest BCUT2D eigenvalue weighted by molar-refractivity contribution is -0.189. The Balaban J connectivity index is 1.25. The third-order valence-electron chi connectivity index (χ3n) is 6.17. The lowest BCUT2D eigenvalue weighted by Crippen LogP contribution is -2.65. The van der Waals surface area contributed by atoms with Gasteiger partial charge in [0.15, 0.2) is 5.82 Å². The molecular weight excluding hydrogens is 424 g/mol. The van der Waals surface area contributed by atoms with Gasteiger partial charge in [0.1, 0.15) is 16.9 Å². The van der Waals surface area contributed by atoms with Gasteiger partial charge in [0.25, 0.3) is 0 Å². The van der Waals surface area contributed by atoms with E-state index in [4.69, 9.17) is 11.6 Å². The highest BCUT2D eigenvalue weighted by atomic mass is 35.5. The fourth-order valence-electron chi connectivity index (χ4n) is 4.69. The largest absolute Gasteiger partial charge is 0.410 e. The number of hydrogen-bond acceptors (Lipinski definition) is 3. The van der Waals surface area contributed by atoms with E-state index in [1.54, 1.807) is 0 Å². The van der Waals surface area contributed by atoms with Crippen molar-refractivity contribution in [2.24, 2.45) is 11.3 Å². The van der Waals surface area contributed by atoms with Crippen LogP contribution in [0.2, 0.25) is 5.02 Å². The second kappa shape index (κ2) is 7.09. The number of carbonyl (C=O) groups is 1. The van der Waals surface area contributed by atoms with Crippen molar-refractivity contribution in [1.82, 2.24) is 20.2 Å². The summed E-state index contributed by atoms with van der Waals surface area (Å²) in [4.78, 5) is 21.3. The van der Waals surface area contributed by atoms with Crippen molar-refractivity contribution in [3.8, 4) is 0 Å². The van der Waals surface area contributed by atoms with E-state index in [0.29, 0.717) is 41.8 Å². The SMILES string of the molecule is CC(C)(NC(=O)CN1CC2(CC(Cc3nc4c(F)ccc(Cl)c4[nH]3)C2)C1)C(F)(F)F. The number of H-pyrrole nitrogens is 1. The summed E-state index contributed by atoms with van der Waals surface area (Å²) < 4.78 is 52.5. The van der Waals surface area contributed by atoms with Crippen molar-refractivity contribution < 1.29 is 22.4 Å². The first-order chi connectivity index (χ1) is 13.9. The zero-order valence-electron chi connectivity index (χ0n) is 16.7. The number of nitrogens with zero attached hydrogens (tertiary/aromatic N) is 2. The maximum atomic E-state index is 13.9. The molecule has 1 aliphatic carbocycles. The topological polar surface area (TPSA) is 61.0 Å². The van der Waals surface area contributed by atoms with E-state index in [0.717, 1.165) is 26.7 Å². The van der Waals surface area contributed by atoms with E-state index in [9.17, 15) is 22.4 Å². The Bertz CT molecular complexity index is 934. The summed E-state index contributed by atoms with van der Waals surface area (Å²) >= 11 is 6.09. The lowest BCUT2D eigenvalue weighted by Gasteiger charge is -2.59. The van der Waals surface area contributed by atoms with E-state index in [1.807, 2.05) is 4.90 Å². The number of fused-ring (bicyclic) bond motifs is 1. The van der Waals surface area contributed by atoms with Gasteiger partial charge < -0.3 is 10.3 Å². The minimum Gasteiger partial charge on any atom is -0.341 e. The zero-order valence-corrected chi connectivity index (χ0v) is 17.4. The van der Waals surface area contributed by atoms with Gasteiger partial charge in [-0.2, -0.15) is 13.2 Å². The van der Waals surface area contributed by atoms with Gasteiger partial charge in [0.2, 0.25) is 5.91 Å². The van der Waals surface area contributed by atoms with Crippen molar-refractivity contribution in [3.63, 3.8) is 0 Å². The highest BCUT2D eigenvalue weighted by molar-refractivity contribution is 6.34. The van der Waals surface area contributed by atoms with Gasteiger partial charge in [-0.15, -0.1) is 0 Å². The average molecular weight is 447 g/mol. The van der Waals surface area contributed by atoms with E-state index >= 15 is 0 Å². The molecule has 30 heavy (non-hydrogen) atoms. The number of benzene rings is 1. The maximum absolute atomic E-state index is 13.9. The number of aromatic nitrogens is 2. The van der Waals surface area contributed by atoms with Crippen LogP contribution in [0.1, 0.15) is 32.5 Å². The third kappa shape index (κ3) is 3.89. The molecule has 2 fully saturated rings. The molecule has 5 nitrogen and oxygen atoms in total. The summed E-state index contributed by atoms with van der Waals surface area (Å²) in [7, 11) is 0. The average Bonchev–Trinajstić information content (AvgIpc) is 2.98. The van der Waals surface area contributed by atoms with Crippen LogP contribution in [0.4, 0.5) is 17.6 Å². The number of likely N-dealkylation sites (tertiary alicyclic amines) is 1. The number of hydrogen-bond donors (Lipinski definition) is 2. The minimum absolute atomic E-state index is 0.0344. The molecule has 2 heterocycles. The molecule has 1 saturated carbocycles. The van der Waals surface area contributed by atoms with Crippen molar-refractivity contribution >= 4 is 28.5 Å². The van der Waals surface area contributed by atoms with Gasteiger partial charge in [0.05, 0.1) is 17.1 Å². The minimum atomic E-state index is -4.50. The van der Waals surface area contributed by atoms with Crippen LogP contribution in [-0.2, 0) is 11.2 Å². The molecule has 0 bridgehead atoms. The molecule has 1 amide bonds. The molecule has 0 unspecified atom stereocenters. The molecule has 164 valence electrons. The van der Waals surface area contributed by atoms with E-state index in [1.165, 1.54) is 12.1 Å². The fourth-order valence-corrected chi connectivity index (χ4v) is 4.89. The molecule has 1 saturated heterocycles. The number of amides is 1. The highest BCUT2D eigenvalue weighted by Gasteiger charge is 2.53. The normalized spacial score (nSPS) is 19.7. The number of nitrogens with one attached hydrogen (secondary N) is 2. The van der Waals surface area contributed by atoms with Gasteiger partial charge in [0, 0.05) is 19.5 Å². The number of imidazole rings is 1.